The number of carbonyl (C=O) groups excluding carboxylic acids is 7. The zero-order valence-electron chi connectivity index (χ0n) is 25.9. The first kappa shape index (κ1) is 38.8. The second-order valence-electron chi connectivity index (χ2n) is 9.90. The monoisotopic (exact) mass is 737 g/mol. The first-order valence-corrected chi connectivity index (χ1v) is 19.7. The topological polar surface area (TPSA) is 182 Å². The first-order chi connectivity index (χ1) is 23.2. The predicted molar refractivity (Wildman–Crippen MR) is 180 cm³/mol. The molecule has 2 aromatic rings. The third kappa shape index (κ3) is 15.1. The van der Waals surface area contributed by atoms with Gasteiger partial charge in [0.25, 0.3) is 23.6 Å². The Balaban J connectivity index is 0.000000275. The molecule has 0 saturated carbocycles. The fraction of sp³-hybridized carbons (Fsp3) is 0.433. The van der Waals surface area contributed by atoms with E-state index in [4.69, 9.17) is 9.68 Å². The Morgan fingerprint density at radius 3 is 1.60 bits per heavy atom. The lowest BCUT2D eigenvalue weighted by atomic mass is 10.2. The number of unbranched alkanes of at least 4 members (excludes halogenated alkanes) is 2. The zero-order valence-corrected chi connectivity index (χ0v) is 29.2. The summed E-state index contributed by atoms with van der Waals surface area (Å²) in [5, 5.41) is 5.76. The van der Waals surface area contributed by atoms with Gasteiger partial charge in [0.05, 0.1) is 6.42 Å². The van der Waals surface area contributed by atoms with Crippen LogP contribution in [0.25, 0.3) is 0 Å². The average Bonchev–Trinajstić information content (AvgIpc) is 3.58. The minimum Gasteiger partial charge on any atom is -0.356 e. The van der Waals surface area contributed by atoms with E-state index in [9.17, 15) is 33.6 Å². The van der Waals surface area contributed by atoms with Crippen LogP contribution in [0.5, 0.6) is 0 Å². The van der Waals surface area contributed by atoms with Gasteiger partial charge in [-0.25, -0.2) is 19.6 Å². The Hall–Kier alpha value is -3.61. The van der Waals surface area contributed by atoms with Crippen LogP contribution in [0.3, 0.4) is 0 Å². The van der Waals surface area contributed by atoms with Crippen molar-refractivity contribution in [1.82, 2.24) is 25.4 Å². The van der Waals surface area contributed by atoms with Crippen LogP contribution in [0.1, 0.15) is 64.2 Å². The minimum absolute atomic E-state index is 0.000381. The molecule has 2 aromatic heterocycles. The number of imide groups is 2. The molecule has 0 atom stereocenters. The van der Waals surface area contributed by atoms with E-state index >= 15 is 0 Å². The molecule has 0 radical (unpaired) electrons. The largest absolute Gasteiger partial charge is 0.356 e. The highest BCUT2D eigenvalue weighted by Gasteiger charge is 2.33. The van der Waals surface area contributed by atoms with Crippen LogP contribution in [0, 0.1) is 0 Å². The highest BCUT2D eigenvalue weighted by Crippen LogP contribution is 2.30. The van der Waals surface area contributed by atoms with Gasteiger partial charge in [-0.2, -0.15) is 0 Å². The summed E-state index contributed by atoms with van der Waals surface area (Å²) < 4.78 is 0. The molecular weight excluding hydrogens is 703 g/mol. The van der Waals surface area contributed by atoms with Crippen LogP contribution < -0.4 is 5.32 Å². The van der Waals surface area contributed by atoms with Crippen molar-refractivity contribution in [2.24, 2.45) is 0 Å². The highest BCUT2D eigenvalue weighted by atomic mass is 33.1. The van der Waals surface area contributed by atoms with Crippen LogP contribution >= 0.6 is 43.2 Å². The van der Waals surface area contributed by atoms with Crippen molar-refractivity contribution in [3.8, 4) is 0 Å². The Bertz CT molecular complexity index is 1370. The smallest absolute Gasteiger partial charge is 0.334 e. The second kappa shape index (κ2) is 22.1. The standard InChI is InChI=1S/C18H23N3O5S2.C12H12N2O4S2/c22-14(10-13-27-28-15-6-3-5-12-20-15)19-11-4-1-2-7-18(25)26-21-16(23)8-9-17(21)24;15-10-4-5-11(16)14(10)18-12(17)6-8-19-20-9-3-1-2-7-13-9/h3,5-6,12H,1-2,4,7-11,13H2,(H,19,22);1-3,7H,4-6,8H2. The normalized spacial score (nSPS) is 14.1. The Kier molecular flexibility index (Phi) is 17.9. The van der Waals surface area contributed by atoms with E-state index in [1.165, 1.54) is 21.6 Å². The van der Waals surface area contributed by atoms with Gasteiger partial charge < -0.3 is 15.0 Å². The molecule has 0 bridgehead atoms. The van der Waals surface area contributed by atoms with E-state index in [1.807, 2.05) is 36.4 Å². The molecule has 5 amide bonds. The lowest BCUT2D eigenvalue weighted by molar-refractivity contribution is -0.197. The lowest BCUT2D eigenvalue weighted by Crippen LogP contribution is -2.32. The third-order valence-electron chi connectivity index (χ3n) is 6.14. The number of amides is 5. The molecule has 0 spiro atoms. The highest BCUT2D eigenvalue weighted by molar-refractivity contribution is 8.77. The van der Waals surface area contributed by atoms with Crippen LogP contribution in [0.2, 0.25) is 0 Å². The summed E-state index contributed by atoms with van der Waals surface area (Å²) in [6, 6.07) is 11.3. The van der Waals surface area contributed by atoms with E-state index in [0.717, 1.165) is 22.9 Å². The number of hydrogen-bond acceptors (Lipinski definition) is 15. The molecule has 2 saturated heterocycles. The van der Waals surface area contributed by atoms with Crippen LogP contribution in [0.15, 0.2) is 58.8 Å². The molecule has 4 heterocycles. The van der Waals surface area contributed by atoms with Gasteiger partial charge in [0.15, 0.2) is 0 Å². The molecule has 1 N–H and O–H groups in total. The predicted octanol–water partition coefficient (Wildman–Crippen LogP) is 4.32. The molecule has 48 heavy (non-hydrogen) atoms. The van der Waals surface area contributed by atoms with Crippen molar-refractivity contribution < 1.29 is 43.2 Å². The van der Waals surface area contributed by atoms with Gasteiger partial charge in [-0.15, -0.1) is 10.1 Å². The molecule has 14 nitrogen and oxygen atoms in total. The number of carbonyl (C=O) groups is 7. The second-order valence-corrected chi connectivity index (χ2v) is 14.8. The number of pyridine rings is 2. The third-order valence-corrected chi connectivity index (χ3v) is 10.7. The maximum atomic E-state index is 11.8. The SMILES string of the molecule is O=C(CCSSc1ccccn1)NCCCCCC(=O)ON1C(=O)CCC1=O.O=C(CCSSc1ccccn1)ON1C(=O)CCC1=O. The van der Waals surface area contributed by atoms with E-state index in [0.29, 0.717) is 41.0 Å². The van der Waals surface area contributed by atoms with E-state index in [-0.39, 0.29) is 44.4 Å². The molecular formula is C30H35N5O9S4. The molecule has 4 rings (SSSR count). The fourth-order valence-electron chi connectivity index (χ4n) is 3.75. The van der Waals surface area contributed by atoms with Crippen LogP contribution in [-0.4, -0.2) is 79.6 Å². The van der Waals surface area contributed by atoms with Gasteiger partial charge in [0.1, 0.15) is 10.1 Å². The van der Waals surface area contributed by atoms with Crippen molar-refractivity contribution in [3.63, 3.8) is 0 Å². The van der Waals surface area contributed by atoms with E-state index in [2.05, 4.69) is 15.3 Å². The maximum absolute atomic E-state index is 11.8. The summed E-state index contributed by atoms with van der Waals surface area (Å²) in [5.74, 6) is -1.83. The lowest BCUT2D eigenvalue weighted by Gasteiger charge is -2.12. The van der Waals surface area contributed by atoms with Crippen molar-refractivity contribution in [3.05, 3.63) is 48.8 Å². The first-order valence-electron chi connectivity index (χ1n) is 15.0. The number of nitrogens with zero attached hydrogens (tertiary/aromatic N) is 4. The van der Waals surface area contributed by atoms with Crippen LogP contribution in [0.4, 0.5) is 0 Å². The Morgan fingerprint density at radius 1 is 0.646 bits per heavy atom. The Morgan fingerprint density at radius 2 is 1.12 bits per heavy atom. The van der Waals surface area contributed by atoms with Gasteiger partial charge in [-0.05, 0) is 58.7 Å². The fourth-order valence-corrected chi connectivity index (χ4v) is 7.47. The number of rotatable bonds is 18. The number of aromatic nitrogens is 2. The molecule has 2 aliphatic rings. The molecule has 0 aliphatic carbocycles. The van der Waals surface area contributed by atoms with Crippen LogP contribution in [-0.2, 0) is 43.2 Å². The minimum atomic E-state index is -0.588. The molecule has 258 valence electrons. The van der Waals surface area contributed by atoms with Crippen molar-refractivity contribution >= 4 is 84.7 Å². The zero-order chi connectivity index (χ0) is 34.6. The molecule has 0 aromatic carbocycles. The summed E-state index contributed by atoms with van der Waals surface area (Å²) in [6.07, 6.45) is 6.58. The van der Waals surface area contributed by atoms with Crippen molar-refractivity contribution in [2.75, 3.05) is 18.1 Å². The van der Waals surface area contributed by atoms with Gasteiger partial charge in [0, 0.05) is 69.0 Å². The summed E-state index contributed by atoms with van der Waals surface area (Å²) in [6.45, 7) is 0.551. The van der Waals surface area contributed by atoms with Gasteiger partial charge >= 0.3 is 11.9 Å². The average molecular weight is 738 g/mol. The maximum Gasteiger partial charge on any atom is 0.334 e. The molecule has 0 unspecified atom stereocenters. The van der Waals surface area contributed by atoms with Gasteiger partial charge in [-0.3, -0.25) is 24.0 Å². The Labute approximate surface area is 293 Å². The molecule has 18 heteroatoms. The van der Waals surface area contributed by atoms with Gasteiger partial charge in [-0.1, -0.05) is 40.1 Å². The number of hydrogen-bond donors (Lipinski definition) is 1. The molecule has 2 fully saturated rings. The summed E-state index contributed by atoms with van der Waals surface area (Å²) >= 11 is 0. The quantitative estimate of drug-likeness (QED) is 0.130. The summed E-state index contributed by atoms with van der Waals surface area (Å²) in [4.78, 5) is 97.9. The number of hydroxylamine groups is 4. The summed E-state index contributed by atoms with van der Waals surface area (Å²) in [5.41, 5.74) is 0. The molecule has 2 aliphatic heterocycles. The van der Waals surface area contributed by atoms with E-state index in [1.54, 1.807) is 34.0 Å². The van der Waals surface area contributed by atoms with Gasteiger partial charge in [0.2, 0.25) is 5.91 Å². The number of nitrogens with one attached hydrogen (secondary N) is 1. The summed E-state index contributed by atoms with van der Waals surface area (Å²) in [7, 11) is 6.05. The van der Waals surface area contributed by atoms with Crippen molar-refractivity contribution in [1.29, 1.82) is 0 Å². The van der Waals surface area contributed by atoms with E-state index < -0.39 is 35.6 Å². The van der Waals surface area contributed by atoms with Crippen molar-refractivity contribution in [2.45, 2.75) is 74.3 Å².